The number of phenolic OH excluding ortho intramolecular Hbond substituents is 1. The van der Waals surface area contributed by atoms with E-state index in [1.54, 1.807) is 6.92 Å². The molecular weight excluding hydrogens is 252 g/mol. The van der Waals surface area contributed by atoms with Crippen molar-refractivity contribution < 1.29 is 24.2 Å². The summed E-state index contributed by atoms with van der Waals surface area (Å²) in [6.07, 6.45) is 0. The van der Waals surface area contributed by atoms with Crippen molar-refractivity contribution in [3.63, 3.8) is 0 Å². The molecule has 0 aromatic heterocycles. The highest BCUT2D eigenvalue weighted by Gasteiger charge is 2.12. The molecule has 3 N–H and O–H groups in total. The minimum Gasteiger partial charge on any atom is -0.508 e. The number of ether oxygens (including phenoxy) is 1. The lowest BCUT2D eigenvalue weighted by molar-refractivity contribution is -0.123. The normalized spacial score (nSPS) is 9.53. The van der Waals surface area contributed by atoms with Crippen molar-refractivity contribution in [1.29, 1.82) is 0 Å². The van der Waals surface area contributed by atoms with Gasteiger partial charge in [0.2, 0.25) is 0 Å². The SMILES string of the molecule is CCNC(=O)NC(=O)COC(=O)c1cccc(O)c1. The lowest BCUT2D eigenvalue weighted by atomic mass is 10.2. The first kappa shape index (κ1) is 14.5. The zero-order valence-electron chi connectivity index (χ0n) is 10.3. The van der Waals surface area contributed by atoms with Crippen LogP contribution in [-0.4, -0.2) is 36.2 Å². The second-order valence-corrected chi connectivity index (χ2v) is 3.53. The number of hydrogen-bond acceptors (Lipinski definition) is 5. The fourth-order valence-corrected chi connectivity index (χ4v) is 1.21. The van der Waals surface area contributed by atoms with Crippen molar-refractivity contribution in [3.05, 3.63) is 29.8 Å². The summed E-state index contributed by atoms with van der Waals surface area (Å²) in [5, 5.41) is 13.5. The van der Waals surface area contributed by atoms with Gasteiger partial charge in [0, 0.05) is 6.54 Å². The minimum atomic E-state index is -0.762. The largest absolute Gasteiger partial charge is 0.508 e. The number of benzene rings is 1. The van der Waals surface area contributed by atoms with E-state index in [1.165, 1.54) is 24.3 Å². The first-order chi connectivity index (χ1) is 9.02. The Morgan fingerprint density at radius 1 is 1.32 bits per heavy atom. The number of carbonyl (C=O) groups excluding carboxylic acids is 3. The summed E-state index contributed by atoms with van der Waals surface area (Å²) >= 11 is 0. The maximum Gasteiger partial charge on any atom is 0.338 e. The lowest BCUT2D eigenvalue weighted by Crippen LogP contribution is -2.41. The molecular formula is C12H14N2O5. The number of imide groups is 1. The van der Waals surface area contributed by atoms with Gasteiger partial charge in [-0.3, -0.25) is 10.1 Å². The molecule has 1 aromatic rings. The van der Waals surface area contributed by atoms with Crippen LogP contribution in [0.15, 0.2) is 24.3 Å². The Kier molecular flexibility index (Phi) is 5.34. The lowest BCUT2D eigenvalue weighted by Gasteiger charge is -2.06. The predicted molar refractivity (Wildman–Crippen MR) is 65.6 cm³/mol. The number of hydrogen-bond donors (Lipinski definition) is 3. The third-order valence-electron chi connectivity index (χ3n) is 2.01. The van der Waals surface area contributed by atoms with E-state index in [4.69, 9.17) is 0 Å². The zero-order chi connectivity index (χ0) is 14.3. The smallest absolute Gasteiger partial charge is 0.338 e. The van der Waals surface area contributed by atoms with Crippen LogP contribution >= 0.6 is 0 Å². The average molecular weight is 266 g/mol. The molecule has 0 saturated heterocycles. The van der Waals surface area contributed by atoms with Crippen LogP contribution in [0.4, 0.5) is 4.79 Å². The van der Waals surface area contributed by atoms with E-state index in [1.807, 2.05) is 5.32 Å². The van der Waals surface area contributed by atoms with Gasteiger partial charge in [0.1, 0.15) is 5.75 Å². The molecule has 7 nitrogen and oxygen atoms in total. The number of urea groups is 1. The summed E-state index contributed by atoms with van der Waals surface area (Å²) in [7, 11) is 0. The van der Waals surface area contributed by atoms with Gasteiger partial charge in [-0.15, -0.1) is 0 Å². The van der Waals surface area contributed by atoms with E-state index < -0.39 is 24.5 Å². The third-order valence-corrected chi connectivity index (χ3v) is 2.01. The first-order valence-electron chi connectivity index (χ1n) is 5.56. The molecule has 3 amide bonds. The first-order valence-corrected chi connectivity index (χ1v) is 5.56. The molecule has 7 heteroatoms. The summed E-state index contributed by atoms with van der Waals surface area (Å²) < 4.78 is 4.68. The average Bonchev–Trinajstić information content (AvgIpc) is 2.36. The molecule has 0 fully saturated rings. The highest BCUT2D eigenvalue weighted by Crippen LogP contribution is 2.11. The van der Waals surface area contributed by atoms with Gasteiger partial charge in [-0.2, -0.15) is 0 Å². The molecule has 0 unspecified atom stereocenters. The summed E-state index contributed by atoms with van der Waals surface area (Å²) in [4.78, 5) is 33.7. The number of rotatable bonds is 4. The van der Waals surface area contributed by atoms with Crippen molar-refractivity contribution >= 4 is 17.9 Å². The number of nitrogens with one attached hydrogen (secondary N) is 2. The Hall–Kier alpha value is -2.57. The topological polar surface area (TPSA) is 105 Å². The van der Waals surface area contributed by atoms with E-state index in [-0.39, 0.29) is 11.3 Å². The molecule has 0 radical (unpaired) electrons. The molecule has 102 valence electrons. The van der Waals surface area contributed by atoms with Gasteiger partial charge < -0.3 is 15.2 Å². The molecule has 0 spiro atoms. The van der Waals surface area contributed by atoms with Gasteiger partial charge >= 0.3 is 12.0 Å². The van der Waals surface area contributed by atoms with Crippen LogP contribution in [0, 0.1) is 0 Å². The van der Waals surface area contributed by atoms with E-state index >= 15 is 0 Å². The summed E-state index contributed by atoms with van der Waals surface area (Å²) in [6, 6.07) is 4.87. The Morgan fingerprint density at radius 2 is 2.05 bits per heavy atom. The molecule has 0 atom stereocenters. The molecule has 1 rings (SSSR count). The van der Waals surface area contributed by atoms with Crippen LogP contribution < -0.4 is 10.6 Å². The van der Waals surface area contributed by atoms with Crippen LogP contribution in [0.1, 0.15) is 17.3 Å². The van der Waals surface area contributed by atoms with Crippen LogP contribution in [0.5, 0.6) is 5.75 Å². The minimum absolute atomic E-state index is 0.0822. The van der Waals surface area contributed by atoms with Gasteiger partial charge in [0.05, 0.1) is 5.56 Å². The number of esters is 1. The predicted octanol–water partition coefficient (Wildman–Crippen LogP) is 0.395. The molecule has 1 aromatic carbocycles. The number of amides is 3. The van der Waals surface area contributed by atoms with E-state index in [9.17, 15) is 19.5 Å². The van der Waals surface area contributed by atoms with Crippen molar-refractivity contribution in [2.24, 2.45) is 0 Å². The Labute approximate surface area is 109 Å². The van der Waals surface area contributed by atoms with E-state index in [0.29, 0.717) is 6.54 Å². The Balaban J connectivity index is 2.42. The summed E-state index contributed by atoms with van der Waals surface area (Å²) in [5.41, 5.74) is 0.116. The highest BCUT2D eigenvalue weighted by atomic mass is 16.5. The van der Waals surface area contributed by atoms with Gasteiger partial charge in [0.15, 0.2) is 6.61 Å². The van der Waals surface area contributed by atoms with Gasteiger partial charge in [-0.05, 0) is 25.1 Å². The molecule has 0 aliphatic heterocycles. The van der Waals surface area contributed by atoms with Crippen LogP contribution in [0.3, 0.4) is 0 Å². The molecule has 0 aliphatic rings. The molecule has 0 heterocycles. The van der Waals surface area contributed by atoms with Gasteiger partial charge in [0.25, 0.3) is 5.91 Å². The highest BCUT2D eigenvalue weighted by molar-refractivity contribution is 5.97. The van der Waals surface area contributed by atoms with Crippen molar-refractivity contribution in [2.45, 2.75) is 6.92 Å². The maximum absolute atomic E-state index is 11.5. The van der Waals surface area contributed by atoms with E-state index in [0.717, 1.165) is 0 Å². The fraction of sp³-hybridized carbons (Fsp3) is 0.250. The van der Waals surface area contributed by atoms with E-state index in [2.05, 4.69) is 10.1 Å². The zero-order valence-corrected chi connectivity index (χ0v) is 10.3. The van der Waals surface area contributed by atoms with Crippen LogP contribution in [0.25, 0.3) is 0 Å². The quantitative estimate of drug-likeness (QED) is 0.684. The molecule has 19 heavy (non-hydrogen) atoms. The van der Waals surface area contributed by atoms with Crippen LogP contribution in [-0.2, 0) is 9.53 Å². The second-order valence-electron chi connectivity index (χ2n) is 3.53. The Morgan fingerprint density at radius 3 is 2.68 bits per heavy atom. The number of aromatic hydroxyl groups is 1. The Bertz CT molecular complexity index is 487. The molecule has 0 aliphatic carbocycles. The van der Waals surface area contributed by atoms with Gasteiger partial charge in [-0.1, -0.05) is 6.07 Å². The monoisotopic (exact) mass is 266 g/mol. The maximum atomic E-state index is 11.5. The van der Waals surface area contributed by atoms with Crippen molar-refractivity contribution in [1.82, 2.24) is 10.6 Å². The molecule has 0 saturated carbocycles. The van der Waals surface area contributed by atoms with Crippen molar-refractivity contribution in [2.75, 3.05) is 13.2 Å². The van der Waals surface area contributed by atoms with Crippen molar-refractivity contribution in [3.8, 4) is 5.75 Å². The standard InChI is InChI=1S/C12H14N2O5/c1-2-13-12(18)14-10(16)7-19-11(17)8-4-3-5-9(15)6-8/h3-6,15H,2,7H2,1H3,(H2,13,14,16,18). The summed E-state index contributed by atoms with van der Waals surface area (Å²) in [6.45, 7) is 1.50. The number of carbonyl (C=O) groups is 3. The fourth-order valence-electron chi connectivity index (χ4n) is 1.21. The molecule has 0 bridgehead atoms. The second kappa shape index (κ2) is 7.00. The number of phenols is 1. The summed E-state index contributed by atoms with van der Waals surface area (Å²) in [5.74, 6) is -1.58. The van der Waals surface area contributed by atoms with Crippen LogP contribution in [0.2, 0.25) is 0 Å². The van der Waals surface area contributed by atoms with Gasteiger partial charge in [-0.25, -0.2) is 9.59 Å². The third kappa shape index (κ3) is 5.07.